The maximum Gasteiger partial charge on any atom is 0.471 e. The van der Waals surface area contributed by atoms with E-state index in [1.54, 1.807) is 7.05 Å². The first-order valence-corrected chi connectivity index (χ1v) is 9.45. The summed E-state index contributed by atoms with van der Waals surface area (Å²) in [7, 11) is -1.38. The van der Waals surface area contributed by atoms with Gasteiger partial charge in [0.25, 0.3) is 0 Å². The Hall–Kier alpha value is -0.990. The molecule has 142 valence electrons. The van der Waals surface area contributed by atoms with Crippen molar-refractivity contribution in [3.05, 3.63) is 0 Å². The van der Waals surface area contributed by atoms with Crippen LogP contribution in [0.3, 0.4) is 0 Å². The van der Waals surface area contributed by atoms with Crippen LogP contribution in [0.1, 0.15) is 38.5 Å². The highest BCUT2D eigenvalue weighted by Crippen LogP contribution is 2.42. The first-order valence-electron chi connectivity index (χ1n) is 7.95. The van der Waals surface area contributed by atoms with E-state index < -0.39 is 7.82 Å². The lowest BCUT2D eigenvalue weighted by Crippen LogP contribution is -2.25. The lowest BCUT2D eigenvalue weighted by Gasteiger charge is -2.16. The van der Waals surface area contributed by atoms with Crippen molar-refractivity contribution in [2.24, 2.45) is 5.92 Å². The summed E-state index contributed by atoms with van der Waals surface area (Å²) in [6, 6.07) is 0. The molecule has 0 spiro atoms. The van der Waals surface area contributed by atoms with Gasteiger partial charge < -0.3 is 20.6 Å². The number of rotatable bonds is 14. The molecular formula is C14H29N2O7P. The molecule has 0 radical (unpaired) electrons. The predicted molar refractivity (Wildman–Crippen MR) is 88.1 cm³/mol. The third-order valence-electron chi connectivity index (χ3n) is 3.41. The quantitative estimate of drug-likeness (QED) is 0.260. The second-order valence-corrected chi connectivity index (χ2v) is 6.93. The molecule has 10 heteroatoms. The maximum atomic E-state index is 11.5. The van der Waals surface area contributed by atoms with Gasteiger partial charge >= 0.3 is 7.82 Å². The van der Waals surface area contributed by atoms with Gasteiger partial charge in [-0.2, -0.15) is 0 Å². The van der Waals surface area contributed by atoms with Crippen LogP contribution in [0.2, 0.25) is 0 Å². The fourth-order valence-electron chi connectivity index (χ4n) is 1.89. The van der Waals surface area contributed by atoms with Crippen LogP contribution in [-0.4, -0.2) is 55.7 Å². The molecule has 2 amide bonds. The van der Waals surface area contributed by atoms with Gasteiger partial charge in [0.05, 0.1) is 6.61 Å². The number of unbranched alkanes of at least 4 members (excludes halogenated alkanes) is 1. The number of amides is 2. The number of nitrogens with one attached hydrogen (secondary N) is 2. The summed E-state index contributed by atoms with van der Waals surface area (Å²) in [6.07, 6.45) is 3.21. The summed E-state index contributed by atoms with van der Waals surface area (Å²) < 4.78 is 20.2. The molecule has 4 N–H and O–H groups in total. The molecule has 0 rings (SSSR count). The molecule has 0 heterocycles. The summed E-state index contributed by atoms with van der Waals surface area (Å²) in [6.45, 7) is 0.286. The molecule has 24 heavy (non-hydrogen) atoms. The molecule has 0 aliphatic rings. The third-order valence-corrected chi connectivity index (χ3v) is 4.35. The molecule has 0 fully saturated rings. The number of phosphoric ester groups is 1. The van der Waals surface area contributed by atoms with Crippen LogP contribution in [0, 0.1) is 5.92 Å². The Morgan fingerprint density at radius 3 is 2.42 bits per heavy atom. The van der Waals surface area contributed by atoms with E-state index in [9.17, 15) is 19.3 Å². The van der Waals surface area contributed by atoms with Crippen molar-refractivity contribution in [1.82, 2.24) is 10.6 Å². The Morgan fingerprint density at radius 1 is 1.17 bits per heavy atom. The topological polar surface area (TPSA) is 134 Å². The van der Waals surface area contributed by atoms with E-state index in [4.69, 9.17) is 9.42 Å². The van der Waals surface area contributed by atoms with Crippen molar-refractivity contribution in [3.8, 4) is 0 Å². The monoisotopic (exact) mass is 368 g/mol. The van der Waals surface area contributed by atoms with Gasteiger partial charge in [-0.1, -0.05) is 6.42 Å². The Balaban J connectivity index is 3.70. The predicted octanol–water partition coefficient (Wildman–Crippen LogP) is 0.561. The van der Waals surface area contributed by atoms with Crippen molar-refractivity contribution in [3.63, 3.8) is 0 Å². The number of phosphoric acid groups is 1. The number of hydrogen-bond acceptors (Lipinski definition) is 6. The zero-order chi connectivity index (χ0) is 18.4. The standard InChI is InChI=1S/C14H29N2O7P/c1-15-13(18)7-5-8-14(19)16-9-4-3-6-12(10-17)11-23-24(20,21)22-2/h12,17H,3-11H2,1-2H3,(H,15,18)(H,16,19)(H,20,21). The molecule has 9 nitrogen and oxygen atoms in total. The average molecular weight is 368 g/mol. The van der Waals surface area contributed by atoms with Crippen molar-refractivity contribution in [1.29, 1.82) is 0 Å². The fourth-order valence-corrected chi connectivity index (χ4v) is 2.39. The minimum atomic E-state index is -4.02. The van der Waals surface area contributed by atoms with Crippen LogP contribution >= 0.6 is 7.82 Å². The van der Waals surface area contributed by atoms with Crippen molar-refractivity contribution < 1.29 is 33.2 Å². The second kappa shape index (κ2) is 13.3. The smallest absolute Gasteiger partial charge is 0.396 e. The van der Waals surface area contributed by atoms with Gasteiger partial charge in [0.15, 0.2) is 0 Å². The van der Waals surface area contributed by atoms with Crippen LogP contribution < -0.4 is 10.6 Å². The Morgan fingerprint density at radius 2 is 1.83 bits per heavy atom. The van der Waals surface area contributed by atoms with Gasteiger partial charge in [0, 0.05) is 46.1 Å². The minimum absolute atomic E-state index is 0.0655. The molecule has 0 saturated carbocycles. The van der Waals surface area contributed by atoms with E-state index in [2.05, 4.69) is 15.2 Å². The zero-order valence-corrected chi connectivity index (χ0v) is 15.2. The highest BCUT2D eigenvalue weighted by molar-refractivity contribution is 7.47. The van der Waals surface area contributed by atoms with Gasteiger partial charge in [-0.25, -0.2) is 4.57 Å². The van der Waals surface area contributed by atoms with Crippen LogP contribution in [0.5, 0.6) is 0 Å². The van der Waals surface area contributed by atoms with Gasteiger partial charge in [-0.05, 0) is 19.3 Å². The summed E-state index contributed by atoms with van der Waals surface area (Å²) in [5.41, 5.74) is 0. The van der Waals surface area contributed by atoms with Crippen molar-refractivity contribution in [2.45, 2.75) is 38.5 Å². The van der Waals surface area contributed by atoms with E-state index in [0.717, 1.165) is 20.0 Å². The first-order chi connectivity index (χ1) is 11.3. The molecule has 0 aromatic carbocycles. The van der Waals surface area contributed by atoms with Crippen LogP contribution in [0.4, 0.5) is 0 Å². The fraction of sp³-hybridized carbons (Fsp3) is 0.857. The molecule has 0 aromatic rings. The molecule has 2 unspecified atom stereocenters. The molecular weight excluding hydrogens is 339 g/mol. The highest BCUT2D eigenvalue weighted by atomic mass is 31.2. The number of hydrogen-bond donors (Lipinski definition) is 4. The number of carbonyl (C=O) groups is 2. The normalized spacial score (nSPS) is 14.7. The minimum Gasteiger partial charge on any atom is -0.396 e. The summed E-state index contributed by atoms with van der Waals surface area (Å²) in [5.74, 6) is -0.438. The average Bonchev–Trinajstić information content (AvgIpc) is 2.57. The van der Waals surface area contributed by atoms with E-state index >= 15 is 0 Å². The number of aliphatic hydroxyl groups is 1. The molecule has 0 saturated heterocycles. The number of carbonyl (C=O) groups excluding carboxylic acids is 2. The maximum absolute atomic E-state index is 11.5. The van der Waals surface area contributed by atoms with E-state index in [1.165, 1.54) is 0 Å². The zero-order valence-electron chi connectivity index (χ0n) is 14.3. The molecule has 0 bridgehead atoms. The summed E-state index contributed by atoms with van der Waals surface area (Å²) in [4.78, 5) is 31.7. The Kier molecular flexibility index (Phi) is 12.8. The third kappa shape index (κ3) is 12.4. The number of aliphatic hydroxyl groups excluding tert-OH is 1. The van der Waals surface area contributed by atoms with Crippen LogP contribution in [0.25, 0.3) is 0 Å². The van der Waals surface area contributed by atoms with Crippen molar-refractivity contribution >= 4 is 19.6 Å². The lowest BCUT2D eigenvalue weighted by molar-refractivity contribution is -0.122. The van der Waals surface area contributed by atoms with Crippen LogP contribution in [-0.2, 0) is 23.2 Å². The first kappa shape index (κ1) is 23.0. The molecule has 0 aliphatic heterocycles. The molecule has 0 aromatic heterocycles. The molecule has 0 aliphatic carbocycles. The van der Waals surface area contributed by atoms with E-state index in [-0.39, 0.29) is 30.9 Å². The Bertz CT molecular complexity index is 420. The van der Waals surface area contributed by atoms with Gasteiger partial charge in [0.1, 0.15) is 0 Å². The summed E-state index contributed by atoms with van der Waals surface area (Å²) >= 11 is 0. The van der Waals surface area contributed by atoms with E-state index in [1.807, 2.05) is 0 Å². The van der Waals surface area contributed by atoms with Gasteiger partial charge in [-0.3, -0.25) is 18.6 Å². The van der Waals surface area contributed by atoms with Gasteiger partial charge in [-0.15, -0.1) is 0 Å². The van der Waals surface area contributed by atoms with Crippen molar-refractivity contribution in [2.75, 3.05) is 33.9 Å². The summed E-state index contributed by atoms with van der Waals surface area (Å²) in [5, 5.41) is 14.5. The SMILES string of the molecule is CNC(=O)CCCC(=O)NCCCCC(CO)COP(=O)(O)OC. The van der Waals surface area contributed by atoms with Gasteiger partial charge in [0.2, 0.25) is 11.8 Å². The van der Waals surface area contributed by atoms with E-state index in [0.29, 0.717) is 32.2 Å². The highest BCUT2D eigenvalue weighted by Gasteiger charge is 2.20. The Labute approximate surface area is 142 Å². The lowest BCUT2D eigenvalue weighted by atomic mass is 10.0. The molecule has 2 atom stereocenters. The second-order valence-electron chi connectivity index (χ2n) is 5.37. The van der Waals surface area contributed by atoms with Crippen LogP contribution in [0.15, 0.2) is 0 Å². The largest absolute Gasteiger partial charge is 0.471 e.